The number of hydrogen-bond acceptors (Lipinski definition) is 1. The zero-order valence-corrected chi connectivity index (χ0v) is 29.3. The third kappa shape index (κ3) is 5.52. The number of fused-ring (bicyclic) bond motifs is 4. The zero-order chi connectivity index (χ0) is 34.5. The molecule has 0 fully saturated rings. The first-order valence-electron chi connectivity index (χ1n) is 17.8. The Morgan fingerprint density at radius 2 is 0.804 bits per heavy atom. The lowest BCUT2D eigenvalue weighted by Gasteiger charge is -2.28. The molecule has 1 heteroatoms. The fourth-order valence-electron chi connectivity index (χ4n) is 7.84. The Balaban J connectivity index is 1.07. The first kappa shape index (κ1) is 30.8. The summed E-state index contributed by atoms with van der Waals surface area (Å²) in [6.07, 6.45) is 0. The van der Waals surface area contributed by atoms with Crippen LogP contribution in [0.4, 0.5) is 17.1 Å². The fourth-order valence-corrected chi connectivity index (χ4v) is 7.84. The van der Waals surface area contributed by atoms with Crippen LogP contribution in [0.2, 0.25) is 0 Å². The molecule has 0 unspecified atom stereocenters. The first-order chi connectivity index (χ1) is 24.9. The van der Waals surface area contributed by atoms with Crippen molar-refractivity contribution in [2.24, 2.45) is 0 Å². The Kier molecular flexibility index (Phi) is 7.44. The lowest BCUT2D eigenvalue weighted by Crippen LogP contribution is -2.16. The first-order valence-corrected chi connectivity index (χ1v) is 17.8. The number of benzene rings is 8. The van der Waals surface area contributed by atoms with Crippen LogP contribution in [-0.4, -0.2) is 0 Å². The summed E-state index contributed by atoms with van der Waals surface area (Å²) in [4.78, 5) is 2.39. The van der Waals surface area contributed by atoms with E-state index in [1.54, 1.807) is 0 Å². The summed E-state index contributed by atoms with van der Waals surface area (Å²) in [6.45, 7) is 6.89. The molecule has 8 aromatic carbocycles. The minimum Gasteiger partial charge on any atom is -0.310 e. The molecule has 0 aromatic heterocycles. The van der Waals surface area contributed by atoms with Gasteiger partial charge in [0, 0.05) is 22.5 Å². The van der Waals surface area contributed by atoms with Crippen LogP contribution in [0, 0.1) is 6.92 Å². The van der Waals surface area contributed by atoms with Crippen molar-refractivity contribution in [1.82, 2.24) is 0 Å². The van der Waals surface area contributed by atoms with Crippen molar-refractivity contribution in [3.8, 4) is 44.5 Å². The Hall–Kier alpha value is -6.18. The standard InChI is InChI=1S/C50H39N/c1-34-13-24-43(25-14-34)51(44-26-21-39(22-27-44)41-20-19-36-11-7-8-12-40(36)31-41)45-28-30-47-46-29-23-42(32-48(46)50(2,3)49(47)33-45)38-17-15-37(16-18-38)35-9-5-4-6-10-35/h4-33H,1-3H3. The topological polar surface area (TPSA) is 3.24 Å². The minimum atomic E-state index is -0.153. The molecule has 1 aliphatic rings. The Bertz CT molecular complexity index is 2520. The second-order valence-electron chi connectivity index (χ2n) is 14.3. The summed E-state index contributed by atoms with van der Waals surface area (Å²) >= 11 is 0. The van der Waals surface area contributed by atoms with Gasteiger partial charge in [0.05, 0.1) is 0 Å². The van der Waals surface area contributed by atoms with E-state index in [0.717, 1.165) is 17.1 Å². The van der Waals surface area contributed by atoms with Gasteiger partial charge in [0.1, 0.15) is 0 Å². The van der Waals surface area contributed by atoms with E-state index in [0.29, 0.717) is 0 Å². The summed E-state index contributed by atoms with van der Waals surface area (Å²) in [5.41, 5.74) is 17.3. The van der Waals surface area contributed by atoms with Gasteiger partial charge in [0.25, 0.3) is 0 Å². The zero-order valence-electron chi connectivity index (χ0n) is 29.3. The van der Waals surface area contributed by atoms with Crippen LogP contribution in [0.5, 0.6) is 0 Å². The Morgan fingerprint density at radius 1 is 0.353 bits per heavy atom. The summed E-state index contributed by atoms with van der Waals surface area (Å²) in [5.74, 6) is 0. The van der Waals surface area contributed by atoms with Crippen molar-refractivity contribution in [3.63, 3.8) is 0 Å². The van der Waals surface area contributed by atoms with Crippen molar-refractivity contribution < 1.29 is 0 Å². The number of rotatable bonds is 6. The van der Waals surface area contributed by atoms with Gasteiger partial charge in [-0.2, -0.15) is 0 Å². The Morgan fingerprint density at radius 3 is 1.49 bits per heavy atom. The SMILES string of the molecule is Cc1ccc(N(c2ccc(-c3ccc4ccccc4c3)cc2)c2ccc3c(c2)C(C)(C)c2cc(-c4ccc(-c5ccccc5)cc4)ccc2-3)cc1. The lowest BCUT2D eigenvalue weighted by molar-refractivity contribution is 0.660. The van der Waals surface area contributed by atoms with E-state index < -0.39 is 0 Å². The molecule has 0 saturated heterocycles. The van der Waals surface area contributed by atoms with Crippen molar-refractivity contribution >= 4 is 27.8 Å². The molecule has 8 aromatic rings. The predicted molar refractivity (Wildman–Crippen MR) is 217 cm³/mol. The number of hydrogen-bond donors (Lipinski definition) is 0. The highest BCUT2D eigenvalue weighted by atomic mass is 15.1. The molecule has 0 radical (unpaired) electrons. The molecule has 0 amide bonds. The molecule has 0 heterocycles. The maximum atomic E-state index is 2.42. The Labute approximate surface area is 301 Å². The number of aryl methyl sites for hydroxylation is 1. The van der Waals surface area contributed by atoms with Crippen molar-refractivity contribution in [1.29, 1.82) is 0 Å². The maximum Gasteiger partial charge on any atom is 0.0465 e. The molecule has 0 spiro atoms. The molecule has 244 valence electrons. The van der Waals surface area contributed by atoms with Crippen molar-refractivity contribution in [2.45, 2.75) is 26.2 Å². The third-order valence-corrected chi connectivity index (χ3v) is 10.7. The average molecular weight is 654 g/mol. The highest BCUT2D eigenvalue weighted by Crippen LogP contribution is 2.51. The normalized spacial score (nSPS) is 12.8. The van der Waals surface area contributed by atoms with E-state index in [9.17, 15) is 0 Å². The summed E-state index contributed by atoms with van der Waals surface area (Å²) in [6, 6.07) is 66.8. The smallest absolute Gasteiger partial charge is 0.0465 e. The molecule has 0 bridgehead atoms. The van der Waals surface area contributed by atoms with Gasteiger partial charge < -0.3 is 4.90 Å². The van der Waals surface area contributed by atoms with Gasteiger partial charge in [0.15, 0.2) is 0 Å². The monoisotopic (exact) mass is 653 g/mol. The molecule has 0 aliphatic heterocycles. The number of nitrogens with zero attached hydrogens (tertiary/aromatic N) is 1. The van der Waals surface area contributed by atoms with Gasteiger partial charge in [0.2, 0.25) is 0 Å². The largest absolute Gasteiger partial charge is 0.310 e. The van der Waals surface area contributed by atoms with E-state index in [4.69, 9.17) is 0 Å². The van der Waals surface area contributed by atoms with Gasteiger partial charge in [-0.05, 0) is 122 Å². The molecular formula is C50H39N. The fraction of sp³-hybridized carbons (Fsp3) is 0.0800. The van der Waals surface area contributed by atoms with Gasteiger partial charge in [-0.3, -0.25) is 0 Å². The predicted octanol–water partition coefficient (Wildman–Crippen LogP) is 13.9. The highest BCUT2D eigenvalue weighted by molar-refractivity contribution is 5.89. The van der Waals surface area contributed by atoms with E-state index in [2.05, 4.69) is 208 Å². The molecule has 51 heavy (non-hydrogen) atoms. The van der Waals surface area contributed by atoms with Gasteiger partial charge in [-0.25, -0.2) is 0 Å². The van der Waals surface area contributed by atoms with Crippen molar-refractivity contribution in [3.05, 3.63) is 199 Å². The number of anilines is 3. The van der Waals surface area contributed by atoms with Crippen LogP contribution in [-0.2, 0) is 5.41 Å². The quantitative estimate of drug-likeness (QED) is 0.173. The van der Waals surface area contributed by atoms with Crippen LogP contribution in [0.25, 0.3) is 55.3 Å². The molecule has 1 nitrogen and oxygen atoms in total. The minimum absolute atomic E-state index is 0.153. The van der Waals surface area contributed by atoms with E-state index >= 15 is 0 Å². The van der Waals surface area contributed by atoms with E-state index in [1.807, 2.05) is 0 Å². The van der Waals surface area contributed by atoms with E-state index in [1.165, 1.54) is 72.0 Å². The summed E-state index contributed by atoms with van der Waals surface area (Å²) in [7, 11) is 0. The molecule has 0 N–H and O–H groups in total. The third-order valence-electron chi connectivity index (χ3n) is 10.7. The molecule has 0 atom stereocenters. The van der Waals surface area contributed by atoms with Gasteiger partial charge in [-0.1, -0.05) is 153 Å². The summed E-state index contributed by atoms with van der Waals surface area (Å²) < 4.78 is 0. The van der Waals surface area contributed by atoms with Gasteiger partial charge >= 0.3 is 0 Å². The maximum absolute atomic E-state index is 2.42. The lowest BCUT2D eigenvalue weighted by atomic mass is 9.81. The van der Waals surface area contributed by atoms with Crippen molar-refractivity contribution in [2.75, 3.05) is 4.90 Å². The summed E-state index contributed by atoms with van der Waals surface area (Å²) in [5, 5.41) is 2.52. The van der Waals surface area contributed by atoms with Crippen LogP contribution < -0.4 is 4.90 Å². The van der Waals surface area contributed by atoms with Crippen LogP contribution in [0.3, 0.4) is 0 Å². The molecule has 1 aliphatic carbocycles. The molecule has 9 rings (SSSR count). The van der Waals surface area contributed by atoms with Gasteiger partial charge in [-0.15, -0.1) is 0 Å². The molecular weight excluding hydrogens is 615 g/mol. The van der Waals surface area contributed by atoms with Crippen LogP contribution in [0.15, 0.2) is 182 Å². The van der Waals surface area contributed by atoms with Crippen LogP contribution in [0.1, 0.15) is 30.5 Å². The van der Waals surface area contributed by atoms with E-state index in [-0.39, 0.29) is 5.41 Å². The van der Waals surface area contributed by atoms with Crippen LogP contribution >= 0.6 is 0 Å². The molecule has 0 saturated carbocycles. The second kappa shape index (κ2) is 12.3. The second-order valence-corrected chi connectivity index (χ2v) is 14.3. The highest BCUT2D eigenvalue weighted by Gasteiger charge is 2.36. The average Bonchev–Trinajstić information content (AvgIpc) is 3.41.